The molecule has 1 aromatic rings. The second kappa shape index (κ2) is 3.00. The van der Waals surface area contributed by atoms with Gasteiger partial charge in [-0.3, -0.25) is 0 Å². The summed E-state index contributed by atoms with van der Waals surface area (Å²) in [5, 5.41) is 0. The van der Waals surface area contributed by atoms with E-state index < -0.39 is 3.79 Å². The predicted octanol–water partition coefficient (Wildman–Crippen LogP) is 3.31. The van der Waals surface area contributed by atoms with Crippen LogP contribution in [0.25, 0.3) is 0 Å². The fourth-order valence-electron chi connectivity index (χ4n) is 0.570. The summed E-state index contributed by atoms with van der Waals surface area (Å²) < 4.78 is -1.32. The summed E-state index contributed by atoms with van der Waals surface area (Å²) in [4.78, 5) is 0. The molecule has 0 aromatic heterocycles. The van der Waals surface area contributed by atoms with Crippen molar-refractivity contribution in [3.8, 4) is 0 Å². The summed E-state index contributed by atoms with van der Waals surface area (Å²) in [6.07, 6.45) is 0. The van der Waals surface area contributed by atoms with Crippen LogP contribution in [-0.2, 0) is 3.79 Å². The molecular weight excluding hydrogens is 190 g/mol. The number of halogens is 3. The monoisotopic (exact) mass is 193 g/mol. The second-order valence-corrected chi connectivity index (χ2v) is 4.07. The van der Waals surface area contributed by atoms with E-state index in [1.165, 1.54) is 0 Å². The van der Waals surface area contributed by atoms with Crippen LogP contribution in [-0.4, -0.2) is 0 Å². The second-order valence-electron chi connectivity index (χ2n) is 1.79. The van der Waals surface area contributed by atoms with Crippen molar-refractivity contribution in [2.24, 2.45) is 0 Å². The van der Waals surface area contributed by atoms with Crippen molar-refractivity contribution in [2.45, 2.75) is 3.79 Å². The Kier molecular flexibility index (Phi) is 2.45. The minimum Gasteiger partial charge on any atom is -0.0784 e. The van der Waals surface area contributed by atoms with Crippen molar-refractivity contribution in [3.63, 3.8) is 0 Å². The van der Waals surface area contributed by atoms with Crippen LogP contribution < -0.4 is 0 Å². The molecule has 10 heavy (non-hydrogen) atoms. The smallest absolute Gasteiger partial charge is 0.0784 e. The highest BCUT2D eigenvalue weighted by Gasteiger charge is 2.21. The van der Waals surface area contributed by atoms with Gasteiger partial charge in [0, 0.05) is 5.56 Å². The summed E-state index contributed by atoms with van der Waals surface area (Å²) >= 11 is 16.7. The van der Waals surface area contributed by atoms with Gasteiger partial charge in [0.1, 0.15) is 0 Å². The molecule has 0 atom stereocenters. The highest BCUT2D eigenvalue weighted by Crippen LogP contribution is 2.37. The van der Waals surface area contributed by atoms with Crippen LogP contribution in [0.5, 0.6) is 0 Å². The molecule has 1 rings (SSSR count). The van der Waals surface area contributed by atoms with Gasteiger partial charge >= 0.3 is 0 Å². The summed E-state index contributed by atoms with van der Waals surface area (Å²) in [7, 11) is 0. The molecule has 0 bridgehead atoms. The molecule has 0 fully saturated rings. The van der Waals surface area contributed by atoms with Gasteiger partial charge in [0.05, 0.1) is 0 Å². The Hall–Kier alpha value is 0.0900. The highest BCUT2D eigenvalue weighted by molar-refractivity contribution is 6.66. The van der Waals surface area contributed by atoms with E-state index in [9.17, 15) is 0 Å². The van der Waals surface area contributed by atoms with E-state index in [0.29, 0.717) is 5.56 Å². The molecule has 0 aliphatic heterocycles. The Morgan fingerprint density at radius 3 is 2.30 bits per heavy atom. The van der Waals surface area contributed by atoms with Gasteiger partial charge in [0.2, 0.25) is 3.79 Å². The Morgan fingerprint density at radius 1 is 1.30 bits per heavy atom. The molecule has 3 heteroatoms. The average Bonchev–Trinajstić information content (AvgIpc) is 1.88. The maximum atomic E-state index is 5.57. The number of rotatable bonds is 0. The third-order valence-electron chi connectivity index (χ3n) is 1.03. The molecule has 0 saturated carbocycles. The van der Waals surface area contributed by atoms with Crippen molar-refractivity contribution < 1.29 is 0 Å². The number of benzene rings is 1. The number of hydrogen-bond acceptors (Lipinski definition) is 0. The van der Waals surface area contributed by atoms with Crippen LogP contribution in [0.2, 0.25) is 0 Å². The van der Waals surface area contributed by atoms with Crippen molar-refractivity contribution in [1.82, 2.24) is 0 Å². The van der Waals surface area contributed by atoms with E-state index in [0.717, 1.165) is 0 Å². The van der Waals surface area contributed by atoms with Gasteiger partial charge in [-0.15, -0.1) is 0 Å². The first kappa shape index (κ1) is 8.19. The van der Waals surface area contributed by atoms with Crippen LogP contribution in [0.4, 0.5) is 0 Å². The maximum Gasteiger partial charge on any atom is 0.216 e. The SMILES string of the molecule is ClC(Cl)(Cl)c1c[c]ccc1. The molecule has 0 aliphatic rings. The Morgan fingerprint density at radius 2 is 2.00 bits per heavy atom. The van der Waals surface area contributed by atoms with Gasteiger partial charge in [-0.2, -0.15) is 0 Å². The molecule has 1 radical (unpaired) electrons. The summed E-state index contributed by atoms with van der Waals surface area (Å²) in [5.41, 5.74) is 0.639. The van der Waals surface area contributed by atoms with Crippen LogP contribution in [0, 0.1) is 6.07 Å². The third kappa shape index (κ3) is 2.05. The maximum absolute atomic E-state index is 5.57. The van der Waals surface area contributed by atoms with Gasteiger partial charge in [0.15, 0.2) is 0 Å². The zero-order valence-electron chi connectivity index (χ0n) is 4.94. The van der Waals surface area contributed by atoms with Crippen molar-refractivity contribution in [1.29, 1.82) is 0 Å². The molecule has 53 valence electrons. The lowest BCUT2D eigenvalue weighted by Gasteiger charge is -2.09. The van der Waals surface area contributed by atoms with E-state index in [-0.39, 0.29) is 0 Å². The first-order chi connectivity index (χ1) is 4.61. The Bertz CT molecular complexity index is 200. The summed E-state index contributed by atoms with van der Waals surface area (Å²) in [5.74, 6) is 0. The normalized spacial score (nSPS) is 11.5. The lowest BCUT2D eigenvalue weighted by molar-refractivity contribution is 1.24. The molecule has 0 N–H and O–H groups in total. The molecular formula is C7H4Cl3. The Balaban J connectivity index is 2.97. The van der Waals surface area contributed by atoms with Gasteiger partial charge < -0.3 is 0 Å². The molecule has 0 aliphatic carbocycles. The van der Waals surface area contributed by atoms with E-state index >= 15 is 0 Å². The lowest BCUT2D eigenvalue weighted by Crippen LogP contribution is -1.98. The minimum atomic E-state index is -1.32. The molecule has 0 heterocycles. The lowest BCUT2D eigenvalue weighted by atomic mass is 10.2. The van der Waals surface area contributed by atoms with E-state index in [2.05, 4.69) is 6.07 Å². The number of hydrogen-bond donors (Lipinski definition) is 0. The van der Waals surface area contributed by atoms with Crippen molar-refractivity contribution in [3.05, 3.63) is 35.9 Å². The molecule has 0 unspecified atom stereocenters. The molecule has 0 saturated heterocycles. The topological polar surface area (TPSA) is 0 Å². The fraction of sp³-hybridized carbons (Fsp3) is 0.143. The predicted molar refractivity (Wildman–Crippen MR) is 44.5 cm³/mol. The largest absolute Gasteiger partial charge is 0.216 e. The Labute approximate surface area is 74.7 Å². The summed E-state index contributed by atoms with van der Waals surface area (Å²) in [6.45, 7) is 0. The van der Waals surface area contributed by atoms with Crippen LogP contribution in [0.3, 0.4) is 0 Å². The van der Waals surface area contributed by atoms with Gasteiger partial charge in [-0.05, 0) is 12.1 Å². The quantitative estimate of drug-likeness (QED) is 0.556. The van der Waals surface area contributed by atoms with Crippen molar-refractivity contribution >= 4 is 34.8 Å². The molecule has 0 amide bonds. The van der Waals surface area contributed by atoms with Gasteiger partial charge in [0.25, 0.3) is 0 Å². The first-order valence-electron chi connectivity index (χ1n) is 2.64. The molecule has 1 aromatic carbocycles. The van der Waals surface area contributed by atoms with Crippen LogP contribution >= 0.6 is 34.8 Å². The van der Waals surface area contributed by atoms with Gasteiger partial charge in [-0.25, -0.2) is 0 Å². The zero-order valence-corrected chi connectivity index (χ0v) is 7.21. The minimum absolute atomic E-state index is 0.639. The van der Waals surface area contributed by atoms with E-state index in [4.69, 9.17) is 34.8 Å². The van der Waals surface area contributed by atoms with Crippen LogP contribution in [0.1, 0.15) is 5.56 Å². The standard InChI is InChI=1S/C7H4Cl3/c8-7(9,10)6-4-2-1-3-5-6/h1-2,4-5H. The van der Waals surface area contributed by atoms with E-state index in [1.807, 2.05) is 0 Å². The number of alkyl halides is 3. The fourth-order valence-corrected chi connectivity index (χ4v) is 0.922. The molecule has 0 spiro atoms. The summed E-state index contributed by atoms with van der Waals surface area (Å²) in [6, 6.07) is 9.72. The molecule has 0 nitrogen and oxygen atoms in total. The zero-order chi connectivity index (χ0) is 7.61. The average molecular weight is 194 g/mol. The van der Waals surface area contributed by atoms with Crippen LogP contribution in [0.15, 0.2) is 24.3 Å². The highest BCUT2D eigenvalue weighted by atomic mass is 35.6. The van der Waals surface area contributed by atoms with Crippen molar-refractivity contribution in [2.75, 3.05) is 0 Å². The third-order valence-corrected chi connectivity index (χ3v) is 1.69. The van der Waals surface area contributed by atoms with E-state index in [1.54, 1.807) is 24.3 Å². The first-order valence-corrected chi connectivity index (χ1v) is 3.77. The van der Waals surface area contributed by atoms with Gasteiger partial charge in [-0.1, -0.05) is 53.0 Å².